The molecule has 0 aromatic carbocycles. The van der Waals surface area contributed by atoms with Crippen LogP contribution in [-0.2, 0) is 9.59 Å². The Bertz CT molecular complexity index is 389. The first-order valence-electron chi connectivity index (χ1n) is 7.22. The molecule has 2 saturated heterocycles. The van der Waals surface area contributed by atoms with E-state index in [0.29, 0.717) is 0 Å². The smallest absolute Gasteiger partial charge is 0.246 e. The third kappa shape index (κ3) is 1.44. The largest absolute Gasteiger partial charge is 0.329 e. The van der Waals surface area contributed by atoms with Crippen LogP contribution in [-0.4, -0.2) is 45.8 Å². The van der Waals surface area contributed by atoms with Crippen LogP contribution in [0, 0.1) is 0 Å². The molecule has 0 bridgehead atoms. The molecule has 2 heterocycles. The number of piperazine rings is 1. The molecule has 4 heteroatoms. The first kappa shape index (κ1) is 12.0. The van der Waals surface area contributed by atoms with Gasteiger partial charge < -0.3 is 9.80 Å². The Morgan fingerprint density at radius 2 is 1.94 bits per heavy atom. The third-order valence-electron chi connectivity index (χ3n) is 5.05. The Morgan fingerprint density at radius 1 is 1.22 bits per heavy atom. The fraction of sp³-hybridized carbons (Fsp3) is 0.857. The van der Waals surface area contributed by atoms with Gasteiger partial charge in [-0.25, -0.2) is 0 Å². The summed E-state index contributed by atoms with van der Waals surface area (Å²) < 4.78 is 0. The number of carbonyl (C=O) groups excluding carboxylic acids is 2. The van der Waals surface area contributed by atoms with Gasteiger partial charge >= 0.3 is 0 Å². The van der Waals surface area contributed by atoms with E-state index < -0.39 is 0 Å². The maximum Gasteiger partial charge on any atom is 0.246 e. The first-order chi connectivity index (χ1) is 8.58. The van der Waals surface area contributed by atoms with Gasteiger partial charge in [0.1, 0.15) is 12.1 Å². The molecule has 100 valence electrons. The van der Waals surface area contributed by atoms with E-state index in [9.17, 15) is 9.59 Å². The number of carbonyl (C=O) groups is 2. The van der Waals surface area contributed by atoms with Gasteiger partial charge in [-0.3, -0.25) is 9.59 Å². The molecule has 3 fully saturated rings. The molecule has 18 heavy (non-hydrogen) atoms. The van der Waals surface area contributed by atoms with Crippen LogP contribution in [0.15, 0.2) is 0 Å². The lowest BCUT2D eigenvalue weighted by atomic mass is 9.75. The van der Waals surface area contributed by atoms with Crippen LogP contribution < -0.4 is 0 Å². The summed E-state index contributed by atoms with van der Waals surface area (Å²) in [7, 11) is 0. The van der Waals surface area contributed by atoms with Crippen LogP contribution in [0.5, 0.6) is 0 Å². The van der Waals surface area contributed by atoms with Gasteiger partial charge in [-0.2, -0.15) is 0 Å². The molecule has 0 N–H and O–H groups in total. The van der Waals surface area contributed by atoms with Crippen molar-refractivity contribution < 1.29 is 9.59 Å². The van der Waals surface area contributed by atoms with Crippen LogP contribution in [0.2, 0.25) is 0 Å². The summed E-state index contributed by atoms with van der Waals surface area (Å²) in [6, 6.07) is -0.366. The summed E-state index contributed by atoms with van der Waals surface area (Å²) in [4.78, 5) is 29.0. The van der Waals surface area contributed by atoms with Gasteiger partial charge in [0.25, 0.3) is 0 Å². The second-order valence-corrected chi connectivity index (χ2v) is 6.17. The Morgan fingerprint density at radius 3 is 2.50 bits per heavy atom. The van der Waals surface area contributed by atoms with Gasteiger partial charge in [-0.15, -0.1) is 0 Å². The number of fused-ring (bicyclic) bond motifs is 1. The molecule has 3 rings (SSSR count). The fourth-order valence-corrected chi connectivity index (χ4v) is 3.83. The summed E-state index contributed by atoms with van der Waals surface area (Å²) >= 11 is 0. The topological polar surface area (TPSA) is 40.6 Å². The van der Waals surface area contributed by atoms with E-state index in [-0.39, 0.29) is 29.4 Å². The highest BCUT2D eigenvalue weighted by Crippen LogP contribution is 2.42. The quantitative estimate of drug-likeness (QED) is 0.746. The maximum atomic E-state index is 12.7. The Kier molecular flexibility index (Phi) is 2.65. The Balaban J connectivity index is 1.95. The van der Waals surface area contributed by atoms with Crippen molar-refractivity contribution in [1.82, 2.24) is 9.80 Å². The normalized spacial score (nSPS) is 34.6. The molecule has 4 nitrogen and oxygen atoms in total. The number of amides is 2. The highest BCUT2D eigenvalue weighted by molar-refractivity contribution is 5.98. The van der Waals surface area contributed by atoms with Crippen molar-refractivity contribution in [2.45, 2.75) is 70.0 Å². The maximum absolute atomic E-state index is 12.7. The van der Waals surface area contributed by atoms with E-state index in [1.54, 1.807) is 0 Å². The zero-order valence-corrected chi connectivity index (χ0v) is 11.3. The lowest BCUT2D eigenvalue weighted by Gasteiger charge is -2.54. The minimum atomic E-state index is -0.211. The lowest BCUT2D eigenvalue weighted by Crippen LogP contribution is -2.69. The molecule has 1 aliphatic carbocycles. The van der Waals surface area contributed by atoms with Crippen molar-refractivity contribution in [1.29, 1.82) is 0 Å². The van der Waals surface area contributed by atoms with Crippen LogP contribution >= 0.6 is 0 Å². The van der Waals surface area contributed by atoms with Gasteiger partial charge in [-0.05, 0) is 45.4 Å². The standard InChI is InChI=1S/C14H22N2O2/c1-3-10-12(17)15-9-4-6-11(15)13(18)16(10)14(2)7-5-8-14/h10-11H,3-9H2,1-2H3. The van der Waals surface area contributed by atoms with Crippen molar-refractivity contribution in [3.05, 3.63) is 0 Å². The Labute approximate surface area is 108 Å². The fourth-order valence-electron chi connectivity index (χ4n) is 3.83. The lowest BCUT2D eigenvalue weighted by molar-refractivity contribution is -0.170. The van der Waals surface area contributed by atoms with Gasteiger partial charge in [0.05, 0.1) is 0 Å². The summed E-state index contributed by atoms with van der Waals surface area (Å²) in [5.74, 6) is 0.397. The van der Waals surface area contributed by atoms with Crippen molar-refractivity contribution in [3.8, 4) is 0 Å². The van der Waals surface area contributed by atoms with E-state index in [0.717, 1.165) is 38.6 Å². The van der Waals surface area contributed by atoms with E-state index in [2.05, 4.69) is 6.92 Å². The zero-order chi connectivity index (χ0) is 12.9. The van der Waals surface area contributed by atoms with Crippen LogP contribution in [0.3, 0.4) is 0 Å². The summed E-state index contributed by atoms with van der Waals surface area (Å²) in [6.07, 6.45) is 5.85. The van der Waals surface area contributed by atoms with Gasteiger partial charge in [0.15, 0.2) is 0 Å². The van der Waals surface area contributed by atoms with Gasteiger partial charge in [-0.1, -0.05) is 6.92 Å². The van der Waals surface area contributed by atoms with E-state index in [1.165, 1.54) is 6.42 Å². The molecule has 2 aliphatic heterocycles. The number of hydrogen-bond acceptors (Lipinski definition) is 2. The minimum Gasteiger partial charge on any atom is -0.329 e. The SMILES string of the molecule is CCC1C(=O)N2CCCC2C(=O)N1C1(C)CCC1. The number of hydrogen-bond donors (Lipinski definition) is 0. The predicted molar refractivity (Wildman–Crippen MR) is 67.9 cm³/mol. The third-order valence-corrected chi connectivity index (χ3v) is 5.05. The molecule has 1 saturated carbocycles. The van der Waals surface area contributed by atoms with E-state index >= 15 is 0 Å². The number of nitrogens with zero attached hydrogens (tertiary/aromatic N) is 2. The molecular formula is C14H22N2O2. The summed E-state index contributed by atoms with van der Waals surface area (Å²) in [5.41, 5.74) is -0.0535. The predicted octanol–water partition coefficient (Wildman–Crippen LogP) is 1.54. The van der Waals surface area contributed by atoms with Crippen molar-refractivity contribution >= 4 is 11.8 Å². The van der Waals surface area contributed by atoms with Gasteiger partial charge in [0, 0.05) is 12.1 Å². The molecule has 0 spiro atoms. The second kappa shape index (κ2) is 3.97. The highest BCUT2D eigenvalue weighted by Gasteiger charge is 2.54. The molecular weight excluding hydrogens is 228 g/mol. The first-order valence-corrected chi connectivity index (χ1v) is 7.22. The summed E-state index contributed by atoms with van der Waals surface area (Å²) in [6.45, 7) is 4.94. The van der Waals surface area contributed by atoms with E-state index in [1.807, 2.05) is 16.7 Å². The molecule has 2 amide bonds. The molecule has 3 aliphatic rings. The molecule has 2 unspecified atom stereocenters. The molecule has 0 radical (unpaired) electrons. The highest BCUT2D eigenvalue weighted by atomic mass is 16.2. The van der Waals surface area contributed by atoms with Crippen molar-refractivity contribution in [2.75, 3.05) is 6.54 Å². The second-order valence-electron chi connectivity index (χ2n) is 6.17. The Hall–Kier alpha value is -1.06. The van der Waals surface area contributed by atoms with E-state index in [4.69, 9.17) is 0 Å². The van der Waals surface area contributed by atoms with Crippen LogP contribution in [0.25, 0.3) is 0 Å². The average Bonchev–Trinajstić information content (AvgIpc) is 2.80. The van der Waals surface area contributed by atoms with Crippen LogP contribution in [0.1, 0.15) is 52.4 Å². The monoisotopic (exact) mass is 250 g/mol. The zero-order valence-electron chi connectivity index (χ0n) is 11.3. The average molecular weight is 250 g/mol. The number of rotatable bonds is 2. The van der Waals surface area contributed by atoms with Crippen molar-refractivity contribution in [3.63, 3.8) is 0 Å². The molecule has 0 aromatic heterocycles. The summed E-state index contributed by atoms with van der Waals surface area (Å²) in [5, 5.41) is 0. The molecule has 0 aromatic rings. The van der Waals surface area contributed by atoms with Crippen LogP contribution in [0.4, 0.5) is 0 Å². The minimum absolute atomic E-state index is 0.0535. The van der Waals surface area contributed by atoms with Crippen molar-refractivity contribution in [2.24, 2.45) is 0 Å². The molecule has 2 atom stereocenters. The van der Waals surface area contributed by atoms with Gasteiger partial charge in [0.2, 0.25) is 11.8 Å².